The molecule has 2 aliphatic carbocycles. The Balaban J connectivity index is 1.27. The standard InChI is InChI=1S/C35H33NO12/c1-16-12-19(42-4)14-22-20(16)8-9-23(37)27(22)32(40)45-24-13-18-10-11-35(26-15-43-34(41)46-26)25(48-35)7-5-6-21(18)31(24)47-33-28(36-3)30(39)29(38)17(2)44-33/h6,8-9,12-14,17,24-26,28-31,33,36-39H,15H2,1-4H3/b21-6+/t17-,24-,25-,26+,28-,29+,30-,31-,33-,35+/m1/s1. The number of carbonyl (C=O) groups is 2. The highest BCUT2D eigenvalue weighted by molar-refractivity contribution is 6.08. The van der Waals surface area contributed by atoms with Crippen LogP contribution in [0.5, 0.6) is 11.5 Å². The molecule has 3 heterocycles. The van der Waals surface area contributed by atoms with Gasteiger partial charge in [0.05, 0.1) is 19.3 Å². The number of epoxide rings is 1. The van der Waals surface area contributed by atoms with Gasteiger partial charge in [-0.3, -0.25) is 0 Å². The Morgan fingerprint density at radius 3 is 2.71 bits per heavy atom. The van der Waals surface area contributed by atoms with Crippen LogP contribution in [0.15, 0.2) is 47.6 Å². The van der Waals surface area contributed by atoms with Crippen molar-refractivity contribution in [2.24, 2.45) is 0 Å². The number of aliphatic hydroxyl groups excluding tert-OH is 2. The molecule has 250 valence electrons. The summed E-state index contributed by atoms with van der Waals surface area (Å²) < 4.78 is 40.0. The van der Waals surface area contributed by atoms with E-state index < -0.39 is 72.8 Å². The predicted octanol–water partition coefficient (Wildman–Crippen LogP) is 1.39. The molecule has 48 heavy (non-hydrogen) atoms. The van der Waals surface area contributed by atoms with Crippen LogP contribution in [-0.2, 0) is 28.4 Å². The SMILES string of the molecule is CN[C@H]1[C@@H](O[C@@H]2/C3=C/C#C[C@H]4O[C@@]4([C@@H]4COC(=O)O4)C#CC3=C[C@H]2OC(=O)c2c(O)ccc3c(C)cc(OC)cc23)O[C@H](C)[C@H](O)[C@@H]1O. The number of aryl methyl sites for hydroxylation is 1. The molecule has 5 aliphatic rings. The number of aromatic hydroxyl groups is 1. The van der Waals surface area contributed by atoms with Gasteiger partial charge in [-0.15, -0.1) is 0 Å². The highest BCUT2D eigenvalue weighted by atomic mass is 16.8. The van der Waals surface area contributed by atoms with Crippen LogP contribution in [0.1, 0.15) is 22.8 Å². The lowest BCUT2D eigenvalue weighted by molar-refractivity contribution is -0.273. The number of cyclic esters (lactones) is 2. The number of nitrogens with one attached hydrogen (secondary N) is 1. The third-order valence-corrected chi connectivity index (χ3v) is 9.23. The van der Waals surface area contributed by atoms with E-state index >= 15 is 0 Å². The minimum Gasteiger partial charge on any atom is -0.507 e. The summed E-state index contributed by atoms with van der Waals surface area (Å²) >= 11 is 0. The summed E-state index contributed by atoms with van der Waals surface area (Å²) in [4.78, 5) is 25.7. The summed E-state index contributed by atoms with van der Waals surface area (Å²) in [7, 11) is 3.10. The van der Waals surface area contributed by atoms with Crippen LogP contribution in [0.2, 0.25) is 0 Å². The highest BCUT2D eigenvalue weighted by Crippen LogP contribution is 2.44. The average Bonchev–Trinajstić information content (AvgIpc) is 3.39. The lowest BCUT2D eigenvalue weighted by Crippen LogP contribution is -2.62. The molecule has 0 radical (unpaired) electrons. The van der Waals surface area contributed by atoms with Crippen molar-refractivity contribution in [2.45, 2.75) is 74.5 Å². The molecular weight excluding hydrogens is 626 g/mol. The van der Waals surface area contributed by atoms with Gasteiger partial charge in [-0.1, -0.05) is 29.7 Å². The molecule has 7 rings (SSSR count). The van der Waals surface area contributed by atoms with Gasteiger partial charge in [0.1, 0.15) is 42.0 Å². The van der Waals surface area contributed by atoms with Crippen molar-refractivity contribution >= 4 is 22.9 Å². The first-order valence-corrected chi connectivity index (χ1v) is 15.4. The maximum Gasteiger partial charge on any atom is 0.508 e. The minimum absolute atomic E-state index is 0.0490. The molecule has 2 aromatic rings. The molecule has 0 amide bonds. The van der Waals surface area contributed by atoms with E-state index in [9.17, 15) is 24.9 Å². The van der Waals surface area contributed by atoms with Crippen molar-refractivity contribution < 1.29 is 58.1 Å². The summed E-state index contributed by atoms with van der Waals surface area (Å²) in [5.41, 5.74) is 0.400. The number of hydrogen-bond acceptors (Lipinski definition) is 13. The summed E-state index contributed by atoms with van der Waals surface area (Å²) in [5.74, 6) is 11.4. The van der Waals surface area contributed by atoms with E-state index in [1.165, 1.54) is 13.2 Å². The number of ether oxygens (including phenoxy) is 7. The second-order valence-electron chi connectivity index (χ2n) is 12.1. The summed E-state index contributed by atoms with van der Waals surface area (Å²) in [6.45, 7) is 3.42. The van der Waals surface area contributed by atoms with E-state index in [-0.39, 0.29) is 17.9 Å². The first-order chi connectivity index (χ1) is 23.0. The molecule has 10 atom stereocenters. The second-order valence-corrected chi connectivity index (χ2v) is 12.1. The van der Waals surface area contributed by atoms with Crippen molar-refractivity contribution in [2.75, 3.05) is 20.8 Å². The Labute approximate surface area is 275 Å². The molecule has 0 unspecified atom stereocenters. The number of methoxy groups -OCH3 is 1. The predicted molar refractivity (Wildman–Crippen MR) is 166 cm³/mol. The molecule has 4 N–H and O–H groups in total. The molecule has 3 fully saturated rings. The molecular formula is C35H33NO12. The van der Waals surface area contributed by atoms with Crippen LogP contribution in [0.4, 0.5) is 4.79 Å². The number of rotatable bonds is 7. The summed E-state index contributed by atoms with van der Waals surface area (Å²) in [6.07, 6.45) is -5.56. The normalized spacial score (nSPS) is 35.7. The fourth-order valence-corrected chi connectivity index (χ4v) is 6.50. The zero-order valence-electron chi connectivity index (χ0n) is 26.4. The van der Waals surface area contributed by atoms with E-state index in [2.05, 4.69) is 29.0 Å². The Kier molecular flexibility index (Phi) is 8.08. The molecule has 0 saturated carbocycles. The van der Waals surface area contributed by atoms with Gasteiger partial charge in [0.15, 0.2) is 24.6 Å². The van der Waals surface area contributed by atoms with Gasteiger partial charge in [0, 0.05) is 16.5 Å². The van der Waals surface area contributed by atoms with Crippen molar-refractivity contribution in [3.8, 4) is 35.2 Å². The van der Waals surface area contributed by atoms with Gasteiger partial charge in [0.2, 0.25) is 5.60 Å². The third kappa shape index (κ3) is 5.35. The Morgan fingerprint density at radius 2 is 1.98 bits per heavy atom. The Bertz CT molecular complexity index is 1880. The second kappa shape index (κ2) is 12.1. The first kappa shape index (κ1) is 32.0. The number of allylic oxidation sites excluding steroid dienone is 1. The molecule has 13 nitrogen and oxygen atoms in total. The minimum atomic E-state index is -1.24. The zero-order chi connectivity index (χ0) is 33.9. The van der Waals surface area contributed by atoms with Crippen molar-refractivity contribution in [3.05, 3.63) is 58.7 Å². The fourth-order valence-electron chi connectivity index (χ4n) is 6.50. The summed E-state index contributed by atoms with van der Waals surface area (Å²) in [5, 5.41) is 36.3. The molecule has 3 aliphatic heterocycles. The number of phenolic OH excluding ortho intramolecular Hbond substituents is 1. The van der Waals surface area contributed by atoms with E-state index in [0.717, 1.165) is 10.9 Å². The van der Waals surface area contributed by atoms with E-state index in [1.54, 1.807) is 38.3 Å². The van der Waals surface area contributed by atoms with Crippen LogP contribution in [0.3, 0.4) is 0 Å². The van der Waals surface area contributed by atoms with E-state index in [1.807, 2.05) is 13.0 Å². The van der Waals surface area contributed by atoms with E-state index in [4.69, 9.17) is 33.2 Å². The monoisotopic (exact) mass is 659 g/mol. The lowest BCUT2D eigenvalue weighted by atomic mass is 9.97. The molecule has 3 saturated heterocycles. The fraction of sp³-hybridized carbons (Fsp3) is 0.429. The van der Waals surface area contributed by atoms with Gasteiger partial charge in [-0.25, -0.2) is 9.59 Å². The number of hydrogen-bond donors (Lipinski definition) is 4. The van der Waals surface area contributed by atoms with Gasteiger partial charge in [-0.05, 0) is 62.2 Å². The zero-order valence-corrected chi connectivity index (χ0v) is 26.4. The van der Waals surface area contributed by atoms with Crippen LogP contribution in [0.25, 0.3) is 10.8 Å². The number of carbonyl (C=O) groups excluding carboxylic acids is 2. The number of fused-ring (bicyclic) bond motifs is 3. The van der Waals surface area contributed by atoms with E-state index in [0.29, 0.717) is 22.3 Å². The van der Waals surface area contributed by atoms with Crippen LogP contribution < -0.4 is 10.1 Å². The number of likely N-dealkylation sites (N-methyl/N-ethyl adjacent to an activating group) is 1. The van der Waals surface area contributed by atoms with Crippen molar-refractivity contribution in [3.63, 3.8) is 0 Å². The number of phenols is 1. The van der Waals surface area contributed by atoms with Crippen LogP contribution >= 0.6 is 0 Å². The van der Waals surface area contributed by atoms with Gasteiger partial charge in [0.25, 0.3) is 0 Å². The molecule has 2 aromatic carbocycles. The van der Waals surface area contributed by atoms with Crippen molar-refractivity contribution in [1.29, 1.82) is 0 Å². The quantitative estimate of drug-likeness (QED) is 0.191. The van der Waals surface area contributed by atoms with Crippen molar-refractivity contribution in [1.82, 2.24) is 5.32 Å². The third-order valence-electron chi connectivity index (χ3n) is 9.23. The highest BCUT2D eigenvalue weighted by Gasteiger charge is 2.65. The largest absolute Gasteiger partial charge is 0.508 e. The number of benzene rings is 2. The van der Waals surface area contributed by atoms with Crippen LogP contribution in [-0.4, -0.2) is 109 Å². The molecule has 0 spiro atoms. The smallest absolute Gasteiger partial charge is 0.507 e. The maximum atomic E-state index is 14.0. The summed E-state index contributed by atoms with van der Waals surface area (Å²) in [6, 6.07) is 5.74. The molecule has 0 bridgehead atoms. The van der Waals surface area contributed by atoms with Gasteiger partial charge < -0.3 is 53.8 Å². The van der Waals surface area contributed by atoms with Crippen LogP contribution in [0, 0.1) is 30.6 Å². The number of aliphatic hydroxyl groups is 2. The Hall–Kier alpha value is -4.60. The topological polar surface area (TPSA) is 175 Å². The molecule has 13 heteroatoms. The maximum absolute atomic E-state index is 14.0. The van der Waals surface area contributed by atoms with Gasteiger partial charge >= 0.3 is 12.1 Å². The van der Waals surface area contributed by atoms with Gasteiger partial charge in [-0.2, -0.15) is 0 Å². The molecule has 0 aromatic heterocycles. The number of esters is 1. The first-order valence-electron chi connectivity index (χ1n) is 15.4. The Morgan fingerprint density at radius 1 is 1.17 bits per heavy atom. The lowest BCUT2D eigenvalue weighted by Gasteiger charge is -2.42. The average molecular weight is 660 g/mol.